The zero-order valence-electron chi connectivity index (χ0n) is 29.6. The molecule has 0 heteroatoms. The summed E-state index contributed by atoms with van der Waals surface area (Å²) in [6.07, 6.45) is 8.78. The smallest absolute Gasteiger partial charge is 0.0125 e. The van der Waals surface area contributed by atoms with E-state index in [9.17, 15) is 0 Å². The van der Waals surface area contributed by atoms with Crippen LogP contribution in [0.1, 0.15) is 71.0 Å². The zero-order valence-corrected chi connectivity index (χ0v) is 29.6. The highest BCUT2D eigenvalue weighted by molar-refractivity contribution is 5.77. The van der Waals surface area contributed by atoms with Gasteiger partial charge >= 0.3 is 0 Å². The fraction of sp³-hybridized carbons (Fsp3) is 0.250. The van der Waals surface area contributed by atoms with E-state index in [2.05, 4.69) is 162 Å². The van der Waals surface area contributed by atoms with E-state index in [-0.39, 0.29) is 0 Å². The first-order valence-electron chi connectivity index (χ1n) is 17.9. The Labute approximate surface area is 289 Å². The van der Waals surface area contributed by atoms with E-state index in [1.165, 1.54) is 116 Å². The van der Waals surface area contributed by atoms with Crippen LogP contribution in [0.2, 0.25) is 0 Å². The van der Waals surface area contributed by atoms with E-state index in [1.54, 1.807) is 0 Å². The summed E-state index contributed by atoms with van der Waals surface area (Å²) in [7, 11) is 0. The SMILES string of the molecule is Cc1cccc(-c2ccc(-c3ccc(CCCCCCCc4ccc(-c5cc(C)c(-c6cccc(C)c6)c(C)c5)cc4)cc3)cc2C)c1. The third-order valence-corrected chi connectivity index (χ3v) is 9.90. The summed E-state index contributed by atoms with van der Waals surface area (Å²) in [6, 6.07) is 47.7. The van der Waals surface area contributed by atoms with Gasteiger partial charge in [-0.05, 0) is 133 Å². The Morgan fingerprint density at radius 3 is 1.33 bits per heavy atom. The molecule has 0 bridgehead atoms. The summed E-state index contributed by atoms with van der Waals surface area (Å²) in [5.74, 6) is 0. The van der Waals surface area contributed by atoms with Gasteiger partial charge in [-0.3, -0.25) is 0 Å². The van der Waals surface area contributed by atoms with E-state index in [0.29, 0.717) is 0 Å². The van der Waals surface area contributed by atoms with Crippen LogP contribution in [0.5, 0.6) is 0 Å². The van der Waals surface area contributed by atoms with Crippen LogP contribution in [-0.2, 0) is 12.8 Å². The summed E-state index contributed by atoms with van der Waals surface area (Å²) >= 11 is 0. The lowest BCUT2D eigenvalue weighted by Crippen LogP contribution is -1.92. The van der Waals surface area contributed by atoms with Crippen molar-refractivity contribution in [3.63, 3.8) is 0 Å². The van der Waals surface area contributed by atoms with Crippen LogP contribution >= 0.6 is 0 Å². The van der Waals surface area contributed by atoms with Crippen molar-refractivity contribution in [2.75, 3.05) is 0 Å². The topological polar surface area (TPSA) is 0 Å². The van der Waals surface area contributed by atoms with Crippen LogP contribution in [0.4, 0.5) is 0 Å². The molecular weight excluding hydrogens is 577 g/mol. The van der Waals surface area contributed by atoms with E-state index < -0.39 is 0 Å². The summed E-state index contributed by atoms with van der Waals surface area (Å²) in [6.45, 7) is 11.0. The number of hydrogen-bond acceptors (Lipinski definition) is 0. The van der Waals surface area contributed by atoms with Crippen molar-refractivity contribution in [2.45, 2.75) is 79.6 Å². The van der Waals surface area contributed by atoms with Gasteiger partial charge in [-0.1, -0.05) is 158 Å². The number of rotatable bonds is 12. The van der Waals surface area contributed by atoms with Gasteiger partial charge in [0.15, 0.2) is 0 Å². The Morgan fingerprint density at radius 1 is 0.333 bits per heavy atom. The second kappa shape index (κ2) is 15.5. The summed E-state index contributed by atoms with van der Waals surface area (Å²) in [4.78, 5) is 0. The molecule has 6 aromatic carbocycles. The quantitative estimate of drug-likeness (QED) is 0.119. The number of unbranched alkanes of at least 4 members (excludes halogenated alkanes) is 4. The maximum Gasteiger partial charge on any atom is -0.0125 e. The second-order valence-corrected chi connectivity index (χ2v) is 13.9. The maximum atomic E-state index is 2.35. The Balaban J connectivity index is 0.927. The average molecular weight is 627 g/mol. The van der Waals surface area contributed by atoms with Gasteiger partial charge < -0.3 is 0 Å². The van der Waals surface area contributed by atoms with Gasteiger partial charge in [-0.15, -0.1) is 0 Å². The number of benzene rings is 6. The number of aryl methyl sites for hydroxylation is 7. The van der Waals surface area contributed by atoms with Gasteiger partial charge in [-0.2, -0.15) is 0 Å². The van der Waals surface area contributed by atoms with Gasteiger partial charge in [0.25, 0.3) is 0 Å². The van der Waals surface area contributed by atoms with Crippen molar-refractivity contribution in [2.24, 2.45) is 0 Å². The molecule has 0 amide bonds. The van der Waals surface area contributed by atoms with Crippen molar-refractivity contribution < 1.29 is 0 Å². The normalized spacial score (nSPS) is 11.2. The largest absolute Gasteiger partial charge is 0.0614 e. The third kappa shape index (κ3) is 8.23. The van der Waals surface area contributed by atoms with E-state index in [4.69, 9.17) is 0 Å². The van der Waals surface area contributed by atoms with Crippen molar-refractivity contribution in [3.8, 4) is 44.5 Å². The van der Waals surface area contributed by atoms with E-state index >= 15 is 0 Å². The molecule has 0 spiro atoms. The second-order valence-electron chi connectivity index (χ2n) is 13.9. The van der Waals surface area contributed by atoms with Crippen molar-refractivity contribution in [3.05, 3.63) is 166 Å². The summed E-state index contributed by atoms with van der Waals surface area (Å²) in [5.41, 5.74) is 20.0. The minimum atomic E-state index is 1.16. The molecule has 0 aliphatic carbocycles. The molecule has 0 unspecified atom stereocenters. The van der Waals surface area contributed by atoms with E-state index in [0.717, 1.165) is 12.8 Å². The van der Waals surface area contributed by atoms with Crippen LogP contribution in [0.3, 0.4) is 0 Å². The fourth-order valence-corrected chi connectivity index (χ4v) is 7.28. The van der Waals surface area contributed by atoms with Crippen LogP contribution in [0, 0.1) is 34.6 Å². The Kier molecular flexibility index (Phi) is 10.7. The van der Waals surface area contributed by atoms with E-state index in [1.807, 2.05) is 0 Å². The van der Waals surface area contributed by atoms with Gasteiger partial charge in [0.1, 0.15) is 0 Å². The van der Waals surface area contributed by atoms with Gasteiger partial charge in [0, 0.05) is 0 Å². The molecule has 0 aliphatic rings. The lowest BCUT2D eigenvalue weighted by atomic mass is 9.90. The number of hydrogen-bond donors (Lipinski definition) is 0. The monoisotopic (exact) mass is 626 g/mol. The van der Waals surface area contributed by atoms with Gasteiger partial charge in [0.2, 0.25) is 0 Å². The Morgan fingerprint density at radius 2 is 0.792 bits per heavy atom. The molecule has 0 saturated carbocycles. The Hall–Kier alpha value is -4.68. The molecule has 0 N–H and O–H groups in total. The molecule has 0 nitrogen and oxygen atoms in total. The third-order valence-electron chi connectivity index (χ3n) is 9.90. The van der Waals surface area contributed by atoms with Crippen molar-refractivity contribution in [1.29, 1.82) is 0 Å². The molecule has 6 rings (SSSR count). The molecule has 0 saturated heterocycles. The van der Waals surface area contributed by atoms with Crippen molar-refractivity contribution >= 4 is 0 Å². The molecule has 0 aromatic heterocycles. The maximum absolute atomic E-state index is 2.35. The fourth-order valence-electron chi connectivity index (χ4n) is 7.28. The Bertz CT molecular complexity index is 1950. The van der Waals surface area contributed by atoms with Crippen LogP contribution in [0.25, 0.3) is 44.5 Å². The lowest BCUT2D eigenvalue weighted by molar-refractivity contribution is 0.613. The first-order chi connectivity index (χ1) is 23.3. The first-order valence-corrected chi connectivity index (χ1v) is 17.9. The zero-order chi connectivity index (χ0) is 33.5. The predicted octanol–water partition coefficient (Wildman–Crippen LogP) is 13.6. The molecule has 0 fully saturated rings. The van der Waals surface area contributed by atoms with Gasteiger partial charge in [0.05, 0.1) is 0 Å². The highest BCUT2D eigenvalue weighted by Crippen LogP contribution is 2.33. The molecule has 0 heterocycles. The van der Waals surface area contributed by atoms with Crippen LogP contribution in [-0.4, -0.2) is 0 Å². The average Bonchev–Trinajstić information content (AvgIpc) is 3.08. The van der Waals surface area contributed by atoms with Crippen molar-refractivity contribution in [1.82, 2.24) is 0 Å². The highest BCUT2D eigenvalue weighted by Gasteiger charge is 2.10. The predicted molar refractivity (Wildman–Crippen MR) is 209 cm³/mol. The minimum Gasteiger partial charge on any atom is -0.0614 e. The van der Waals surface area contributed by atoms with Gasteiger partial charge in [-0.25, -0.2) is 0 Å². The van der Waals surface area contributed by atoms with Crippen LogP contribution in [0.15, 0.2) is 127 Å². The molecular formula is C48H50. The standard InChI is InChI=1S/C48H50/c1-34-13-11-17-44(29-34)47-28-27-43(31-36(47)3)41-23-19-39(20-24-41)15-9-7-6-8-10-16-40-21-25-42(26-22-40)46-32-37(4)48(38(5)33-46)45-18-12-14-35(2)30-45/h11-14,17-33H,6-10,15-16H2,1-5H3. The first kappa shape index (κ1) is 33.2. The lowest BCUT2D eigenvalue weighted by Gasteiger charge is -2.14. The summed E-state index contributed by atoms with van der Waals surface area (Å²) < 4.78 is 0. The molecule has 0 radical (unpaired) electrons. The molecule has 6 aromatic rings. The molecule has 242 valence electrons. The highest BCUT2D eigenvalue weighted by atomic mass is 14.1. The summed E-state index contributed by atoms with van der Waals surface area (Å²) in [5, 5.41) is 0. The van der Waals surface area contributed by atoms with Crippen LogP contribution < -0.4 is 0 Å². The molecule has 0 aliphatic heterocycles. The molecule has 0 atom stereocenters. The molecule has 48 heavy (non-hydrogen) atoms. The minimum absolute atomic E-state index is 1.16.